The van der Waals surface area contributed by atoms with Crippen molar-refractivity contribution >= 4 is 35.3 Å². The number of anilines is 1. The van der Waals surface area contributed by atoms with Gasteiger partial charge >= 0.3 is 12.1 Å². The number of halogens is 1. The predicted octanol–water partition coefficient (Wildman–Crippen LogP) is 5.03. The highest BCUT2D eigenvalue weighted by Crippen LogP contribution is 2.39. The third-order valence-electron chi connectivity index (χ3n) is 9.69. The molecule has 0 aliphatic carbocycles. The van der Waals surface area contributed by atoms with Gasteiger partial charge in [-0.2, -0.15) is 0 Å². The van der Waals surface area contributed by atoms with Gasteiger partial charge in [0.1, 0.15) is 11.4 Å². The van der Waals surface area contributed by atoms with Gasteiger partial charge in [0.05, 0.1) is 17.8 Å². The Labute approximate surface area is 302 Å². The van der Waals surface area contributed by atoms with Gasteiger partial charge in [0.2, 0.25) is 0 Å². The van der Waals surface area contributed by atoms with Crippen molar-refractivity contribution in [1.82, 2.24) is 24.6 Å². The van der Waals surface area contributed by atoms with Crippen LogP contribution in [0, 0.1) is 6.92 Å². The number of amides is 5. The molecule has 2 fully saturated rings. The molecule has 3 heterocycles. The summed E-state index contributed by atoms with van der Waals surface area (Å²) in [4.78, 5) is 48.4. The second kappa shape index (κ2) is 15.8. The molecule has 2 aliphatic rings. The van der Waals surface area contributed by atoms with Gasteiger partial charge in [0.15, 0.2) is 0 Å². The van der Waals surface area contributed by atoms with Crippen LogP contribution < -0.4 is 21.5 Å². The first kappa shape index (κ1) is 35.6. The molecule has 12 nitrogen and oxygen atoms in total. The summed E-state index contributed by atoms with van der Waals surface area (Å²) in [5.74, 6) is 0.435. The first-order valence-corrected chi connectivity index (χ1v) is 17.3. The van der Waals surface area contributed by atoms with Crippen LogP contribution in [0.1, 0.15) is 27.2 Å². The largest absolute Gasteiger partial charge is 0.496 e. The van der Waals surface area contributed by atoms with E-state index in [0.29, 0.717) is 50.0 Å². The number of urea groups is 2. The summed E-state index contributed by atoms with van der Waals surface area (Å²) in [6.07, 6.45) is 1.70. The molecule has 3 aromatic carbocycles. The Hall–Kier alpha value is -5.17. The number of nitrogens with two attached hydrogens (primary N) is 2. The Morgan fingerprint density at radius 2 is 1.39 bits per heavy atom. The molecule has 0 spiro atoms. The Kier molecular flexibility index (Phi) is 11.0. The van der Waals surface area contributed by atoms with Crippen molar-refractivity contribution in [3.05, 3.63) is 100 Å². The molecule has 0 atom stereocenters. The fourth-order valence-electron chi connectivity index (χ4n) is 6.71. The van der Waals surface area contributed by atoms with Crippen LogP contribution >= 0.6 is 11.6 Å². The zero-order valence-electron chi connectivity index (χ0n) is 28.9. The van der Waals surface area contributed by atoms with E-state index < -0.39 is 6.03 Å². The van der Waals surface area contributed by atoms with Gasteiger partial charge in [-0.25, -0.2) is 9.59 Å². The number of methoxy groups -OCH3 is 1. The molecule has 4 aromatic rings. The third-order valence-corrected chi connectivity index (χ3v) is 10.1. The molecule has 51 heavy (non-hydrogen) atoms. The summed E-state index contributed by atoms with van der Waals surface area (Å²) in [7, 11) is 1.68. The van der Waals surface area contributed by atoms with Crippen LogP contribution in [0.2, 0.25) is 5.02 Å². The Morgan fingerprint density at radius 3 is 2.00 bits per heavy atom. The van der Waals surface area contributed by atoms with Gasteiger partial charge < -0.3 is 31.3 Å². The lowest BCUT2D eigenvalue weighted by molar-refractivity contribution is 0.102. The van der Waals surface area contributed by atoms with E-state index in [1.807, 2.05) is 30.3 Å². The van der Waals surface area contributed by atoms with Crippen molar-refractivity contribution in [2.75, 3.05) is 64.8 Å². The van der Waals surface area contributed by atoms with Gasteiger partial charge in [-0.15, -0.1) is 0 Å². The van der Waals surface area contributed by atoms with Crippen LogP contribution in [0.25, 0.3) is 22.3 Å². The molecule has 1 aromatic heterocycles. The molecule has 6 rings (SSSR count). The van der Waals surface area contributed by atoms with Crippen molar-refractivity contribution in [2.24, 2.45) is 11.5 Å². The molecule has 0 unspecified atom stereocenters. The van der Waals surface area contributed by atoms with Crippen LogP contribution in [0.15, 0.2) is 72.9 Å². The van der Waals surface area contributed by atoms with E-state index in [1.165, 1.54) is 0 Å². The summed E-state index contributed by atoms with van der Waals surface area (Å²) >= 11 is 6.97. The Morgan fingerprint density at radius 1 is 0.784 bits per heavy atom. The molecule has 5 N–H and O–H groups in total. The second-order valence-corrected chi connectivity index (χ2v) is 13.3. The summed E-state index contributed by atoms with van der Waals surface area (Å²) in [5.41, 5.74) is 18.5. The Bertz CT molecular complexity index is 1900. The normalized spacial score (nSPS) is 15.4. The Balaban J connectivity index is 1.14. The van der Waals surface area contributed by atoms with Gasteiger partial charge in [-0.05, 0) is 52.9 Å². The molecular formula is C38H43ClN8O4. The smallest absolute Gasteiger partial charge is 0.314 e. The first-order valence-electron chi connectivity index (χ1n) is 17.0. The third kappa shape index (κ3) is 8.25. The lowest BCUT2D eigenvalue weighted by Crippen LogP contribution is -2.50. The fourth-order valence-corrected chi connectivity index (χ4v) is 6.98. The van der Waals surface area contributed by atoms with E-state index in [-0.39, 0.29) is 17.6 Å². The van der Waals surface area contributed by atoms with Crippen LogP contribution in [0.4, 0.5) is 15.3 Å². The van der Waals surface area contributed by atoms with Crippen LogP contribution in [-0.4, -0.2) is 102 Å². The molecule has 0 saturated carbocycles. The maximum atomic E-state index is 13.2. The van der Waals surface area contributed by atoms with E-state index in [9.17, 15) is 14.4 Å². The van der Waals surface area contributed by atoms with E-state index in [0.717, 1.165) is 70.9 Å². The predicted molar refractivity (Wildman–Crippen MR) is 199 cm³/mol. The molecule has 0 radical (unpaired) electrons. The number of hydrogen-bond acceptors (Lipinski definition) is 7. The number of primary amides is 2. The number of piperazine rings is 2. The van der Waals surface area contributed by atoms with Gasteiger partial charge in [-0.1, -0.05) is 60.1 Å². The number of hydrogen-bond donors (Lipinski definition) is 3. The number of ether oxygens (including phenoxy) is 1. The van der Waals surface area contributed by atoms with Crippen LogP contribution in [-0.2, 0) is 13.1 Å². The molecule has 13 heteroatoms. The van der Waals surface area contributed by atoms with E-state index in [4.69, 9.17) is 27.8 Å². The molecule has 5 amide bonds. The molecule has 0 bridgehead atoms. The number of aromatic nitrogens is 1. The van der Waals surface area contributed by atoms with Crippen LogP contribution in [0.5, 0.6) is 5.75 Å². The topological polar surface area (TPSA) is 150 Å². The van der Waals surface area contributed by atoms with Crippen LogP contribution in [0.3, 0.4) is 0 Å². The van der Waals surface area contributed by atoms with Crippen molar-refractivity contribution in [3.63, 3.8) is 0 Å². The first-order chi connectivity index (χ1) is 24.6. The summed E-state index contributed by atoms with van der Waals surface area (Å²) < 4.78 is 5.83. The van der Waals surface area contributed by atoms with Gasteiger partial charge in [0.25, 0.3) is 5.91 Å². The van der Waals surface area contributed by atoms with Crippen molar-refractivity contribution in [3.8, 4) is 28.0 Å². The number of carbonyl (C=O) groups excluding carboxylic acids is 3. The summed E-state index contributed by atoms with van der Waals surface area (Å²) in [5, 5.41) is 3.37. The standard InChI is InChI=1S/C38H43ClN8O4/c1-25-29(27-10-11-28(34(21-27)51-2)24-45-15-19-47(20-16-45)38(41)50)5-3-6-30(25)31-7-4-8-32(35(31)39)43-36(48)33-12-9-26(22-42-33)23-44-13-17-46(18-14-44)37(40)49/h3-12,21-22H,13-20,23-24H2,1-2H3,(H2,40,49)(H2,41,50)(H,43,48). The molecule has 266 valence electrons. The number of nitrogens with zero attached hydrogens (tertiary/aromatic N) is 5. The van der Waals surface area contributed by atoms with E-state index in [2.05, 4.69) is 51.3 Å². The zero-order valence-corrected chi connectivity index (χ0v) is 29.7. The highest BCUT2D eigenvalue weighted by Gasteiger charge is 2.22. The number of pyridine rings is 1. The molecular weight excluding hydrogens is 668 g/mol. The maximum Gasteiger partial charge on any atom is 0.314 e. The quantitative estimate of drug-likeness (QED) is 0.221. The second-order valence-electron chi connectivity index (χ2n) is 12.9. The number of carbonyl (C=O) groups is 3. The van der Waals surface area contributed by atoms with E-state index in [1.54, 1.807) is 35.2 Å². The minimum absolute atomic E-state index is 0.280. The average molecular weight is 711 g/mol. The lowest BCUT2D eigenvalue weighted by atomic mass is 9.92. The number of nitrogens with one attached hydrogen (secondary N) is 1. The van der Waals surface area contributed by atoms with Crippen molar-refractivity contribution in [2.45, 2.75) is 20.0 Å². The van der Waals surface area contributed by atoms with Crippen molar-refractivity contribution < 1.29 is 19.1 Å². The minimum atomic E-state index is -0.393. The molecule has 2 aliphatic heterocycles. The SMILES string of the molecule is COc1cc(-c2cccc(-c3cccc(NC(=O)c4ccc(CN5CCN(C(N)=O)CC5)cn4)c3Cl)c2C)ccc1CN1CCN(C(N)=O)CC1. The number of rotatable bonds is 9. The fraction of sp³-hybridized carbons (Fsp3) is 0.316. The molecule has 2 saturated heterocycles. The lowest BCUT2D eigenvalue weighted by Gasteiger charge is -2.34. The van der Waals surface area contributed by atoms with Gasteiger partial charge in [-0.3, -0.25) is 19.6 Å². The van der Waals surface area contributed by atoms with Gasteiger partial charge in [0, 0.05) is 82.8 Å². The average Bonchev–Trinajstić information content (AvgIpc) is 3.13. The van der Waals surface area contributed by atoms with E-state index >= 15 is 0 Å². The highest BCUT2D eigenvalue weighted by atomic mass is 35.5. The summed E-state index contributed by atoms with van der Waals surface area (Å²) in [6, 6.07) is 20.8. The monoisotopic (exact) mass is 710 g/mol. The van der Waals surface area contributed by atoms with Crippen molar-refractivity contribution in [1.29, 1.82) is 0 Å². The summed E-state index contributed by atoms with van der Waals surface area (Å²) in [6.45, 7) is 8.79. The number of benzene rings is 3. The highest BCUT2D eigenvalue weighted by molar-refractivity contribution is 6.36. The zero-order chi connectivity index (χ0) is 36.1. The minimum Gasteiger partial charge on any atom is -0.496 e. The maximum absolute atomic E-state index is 13.2.